The molecule has 6 heteroatoms. The highest BCUT2D eigenvalue weighted by atomic mass is 16.5. The lowest BCUT2D eigenvalue weighted by molar-refractivity contribution is -0.120. The maximum Gasteiger partial charge on any atom is 0.299 e. The van der Waals surface area contributed by atoms with Gasteiger partial charge in [-0.15, -0.1) is 5.73 Å². The number of benzene rings is 1. The van der Waals surface area contributed by atoms with Crippen molar-refractivity contribution in [1.82, 2.24) is 9.78 Å². The molecule has 1 aliphatic heterocycles. The van der Waals surface area contributed by atoms with Gasteiger partial charge in [-0.3, -0.25) is 19.4 Å². The molecular weight excluding hydrogens is 318 g/mol. The molecule has 3 rings (SSSR count). The molecule has 0 amide bonds. The Bertz CT molecular complexity index is 849. The molecule has 1 N–H and O–H groups in total. The van der Waals surface area contributed by atoms with Crippen LogP contribution >= 0.6 is 0 Å². The molecule has 1 aromatic carbocycles. The van der Waals surface area contributed by atoms with E-state index in [2.05, 4.69) is 27.9 Å². The number of aromatic amines is 1. The van der Waals surface area contributed by atoms with E-state index in [-0.39, 0.29) is 23.5 Å². The first-order valence-corrected chi connectivity index (χ1v) is 8.36. The molecule has 1 aliphatic rings. The van der Waals surface area contributed by atoms with Gasteiger partial charge < -0.3 is 9.64 Å². The van der Waals surface area contributed by atoms with E-state index < -0.39 is 0 Å². The van der Waals surface area contributed by atoms with Crippen molar-refractivity contribution in [3.05, 3.63) is 51.5 Å². The predicted octanol–water partition coefficient (Wildman–Crippen LogP) is 2.56. The molecule has 0 aliphatic carbocycles. The van der Waals surface area contributed by atoms with Crippen LogP contribution in [0.15, 0.2) is 34.8 Å². The Morgan fingerprint density at radius 2 is 1.84 bits per heavy atom. The average Bonchev–Trinajstić information content (AvgIpc) is 2.91. The van der Waals surface area contributed by atoms with Crippen LogP contribution in [0.1, 0.15) is 30.4 Å². The van der Waals surface area contributed by atoms with Gasteiger partial charge in [-0.1, -0.05) is 12.1 Å². The number of carbonyl (C=O) groups is 1. The fourth-order valence-electron chi connectivity index (χ4n) is 2.96. The number of nitrogens with one attached hydrogen (secondary N) is 1. The molecule has 1 saturated heterocycles. The van der Waals surface area contributed by atoms with Crippen molar-refractivity contribution in [2.45, 2.75) is 19.3 Å². The Kier molecular flexibility index (Phi) is 5.21. The minimum absolute atomic E-state index is 0.115. The highest BCUT2D eigenvalue weighted by molar-refractivity contribution is 5.62. The molecule has 25 heavy (non-hydrogen) atoms. The number of ether oxygens (including phenoxy) is 1. The summed E-state index contributed by atoms with van der Waals surface area (Å²) in [4.78, 5) is 24.9. The lowest BCUT2D eigenvalue weighted by Crippen LogP contribution is -2.29. The zero-order valence-electron chi connectivity index (χ0n) is 14.2. The average molecular weight is 339 g/mol. The van der Waals surface area contributed by atoms with E-state index in [1.54, 1.807) is 13.1 Å². The smallest absolute Gasteiger partial charge is 0.299 e. The summed E-state index contributed by atoms with van der Waals surface area (Å²) in [6, 6.07) is 8.27. The van der Waals surface area contributed by atoms with Crippen molar-refractivity contribution in [2.75, 3.05) is 18.0 Å². The van der Waals surface area contributed by atoms with Crippen LogP contribution in [0.5, 0.6) is 5.88 Å². The van der Waals surface area contributed by atoms with Crippen molar-refractivity contribution in [1.29, 1.82) is 0 Å². The van der Waals surface area contributed by atoms with Gasteiger partial charge >= 0.3 is 0 Å². The van der Waals surface area contributed by atoms with E-state index in [1.165, 1.54) is 35.7 Å². The number of piperidine rings is 1. The molecule has 130 valence electrons. The van der Waals surface area contributed by atoms with E-state index in [0.29, 0.717) is 0 Å². The van der Waals surface area contributed by atoms with Gasteiger partial charge in [0.05, 0.1) is 0 Å². The molecule has 0 bridgehead atoms. The first-order chi connectivity index (χ1) is 12.2. The molecule has 0 unspecified atom stereocenters. The fourth-order valence-corrected chi connectivity index (χ4v) is 2.96. The number of nitrogens with zero attached hydrogens (tertiary/aromatic N) is 2. The maximum atomic E-state index is 12.0. The first-order valence-electron chi connectivity index (χ1n) is 8.36. The van der Waals surface area contributed by atoms with Gasteiger partial charge in [0, 0.05) is 25.8 Å². The van der Waals surface area contributed by atoms with Crippen LogP contribution in [0.25, 0.3) is 12.2 Å². The second-order valence-corrected chi connectivity index (χ2v) is 6.03. The molecule has 2 heterocycles. The van der Waals surface area contributed by atoms with Crippen molar-refractivity contribution in [3.8, 4) is 5.88 Å². The quantitative estimate of drug-likeness (QED) is 0.671. The van der Waals surface area contributed by atoms with Gasteiger partial charge in [-0.2, -0.15) is 0 Å². The topological polar surface area (TPSA) is 67.3 Å². The molecule has 0 radical (unpaired) electrons. The van der Waals surface area contributed by atoms with E-state index >= 15 is 0 Å². The second-order valence-electron chi connectivity index (χ2n) is 6.03. The molecular formula is C19H21N3O3. The van der Waals surface area contributed by atoms with Crippen molar-refractivity contribution < 1.29 is 9.53 Å². The monoisotopic (exact) mass is 339 g/mol. The standard InChI is InChI=1S/C19H21N3O3/c1-21-19(24)17(18(20-21)25-14-23)7-5-6-15-8-10-16(11-9-15)22-12-3-2-4-13-22/h6-11,14,20H,2-4,12-13H2,1H3. The summed E-state index contributed by atoms with van der Waals surface area (Å²) in [6.07, 6.45) is 7.12. The van der Waals surface area contributed by atoms with Gasteiger partial charge in [-0.25, -0.2) is 0 Å². The third-order valence-corrected chi connectivity index (χ3v) is 4.31. The molecule has 6 nitrogen and oxygen atoms in total. The maximum absolute atomic E-state index is 12.0. The predicted molar refractivity (Wildman–Crippen MR) is 97.7 cm³/mol. The largest absolute Gasteiger partial charge is 0.409 e. The third-order valence-electron chi connectivity index (χ3n) is 4.31. The Morgan fingerprint density at radius 3 is 2.52 bits per heavy atom. The van der Waals surface area contributed by atoms with Crippen LogP contribution in [0.2, 0.25) is 0 Å². The van der Waals surface area contributed by atoms with E-state index in [9.17, 15) is 9.59 Å². The van der Waals surface area contributed by atoms with E-state index in [4.69, 9.17) is 4.74 Å². The summed E-state index contributed by atoms with van der Waals surface area (Å²) in [5.74, 6) is 0.115. The number of anilines is 1. The van der Waals surface area contributed by atoms with E-state index in [0.717, 1.165) is 18.7 Å². The van der Waals surface area contributed by atoms with Gasteiger partial charge in [0.25, 0.3) is 12.0 Å². The molecule has 0 saturated carbocycles. The van der Waals surface area contributed by atoms with Crippen LogP contribution in [-0.2, 0) is 11.8 Å². The Labute approximate surface area is 146 Å². The van der Waals surface area contributed by atoms with Gasteiger partial charge in [0.1, 0.15) is 5.56 Å². The minimum atomic E-state index is -0.279. The summed E-state index contributed by atoms with van der Waals surface area (Å²) < 4.78 is 6.03. The van der Waals surface area contributed by atoms with Crippen LogP contribution < -0.4 is 15.2 Å². The van der Waals surface area contributed by atoms with E-state index in [1.807, 2.05) is 12.1 Å². The van der Waals surface area contributed by atoms with Crippen LogP contribution in [0.4, 0.5) is 5.69 Å². The normalized spacial score (nSPS) is 13.9. The number of aromatic nitrogens is 2. The molecule has 0 atom stereocenters. The number of rotatable bonds is 5. The van der Waals surface area contributed by atoms with Crippen molar-refractivity contribution in [2.24, 2.45) is 7.05 Å². The highest BCUT2D eigenvalue weighted by Gasteiger charge is 2.11. The van der Waals surface area contributed by atoms with Gasteiger partial charge in [0.15, 0.2) is 0 Å². The van der Waals surface area contributed by atoms with Crippen molar-refractivity contribution >= 4 is 24.3 Å². The molecule has 1 fully saturated rings. The summed E-state index contributed by atoms with van der Waals surface area (Å²) >= 11 is 0. The third kappa shape index (κ3) is 3.92. The fraction of sp³-hybridized carbons (Fsp3) is 0.316. The Hall–Kier alpha value is -2.98. The number of carbonyl (C=O) groups excluding carboxylic acids is 1. The van der Waals surface area contributed by atoms with Crippen LogP contribution in [-0.4, -0.2) is 29.3 Å². The second kappa shape index (κ2) is 7.73. The van der Waals surface area contributed by atoms with Gasteiger partial charge in [-0.05, 0) is 49.1 Å². The first kappa shape index (κ1) is 16.9. The number of hydrogen-bond acceptors (Lipinski definition) is 4. The van der Waals surface area contributed by atoms with Crippen LogP contribution in [0, 0.1) is 0 Å². The summed E-state index contributed by atoms with van der Waals surface area (Å²) in [7, 11) is 1.56. The number of aryl methyl sites for hydroxylation is 1. The number of H-pyrrole nitrogens is 1. The summed E-state index contributed by atoms with van der Waals surface area (Å²) in [5, 5.41) is 2.67. The van der Waals surface area contributed by atoms with Crippen LogP contribution in [0.3, 0.4) is 0 Å². The Balaban J connectivity index is 1.76. The summed E-state index contributed by atoms with van der Waals surface area (Å²) in [5.41, 5.74) is 5.18. The highest BCUT2D eigenvalue weighted by Crippen LogP contribution is 2.20. The number of hydrogen-bond donors (Lipinski definition) is 1. The zero-order chi connectivity index (χ0) is 17.6. The van der Waals surface area contributed by atoms with Crippen molar-refractivity contribution in [3.63, 3.8) is 0 Å². The Morgan fingerprint density at radius 1 is 1.12 bits per heavy atom. The zero-order valence-corrected chi connectivity index (χ0v) is 14.2. The lowest BCUT2D eigenvalue weighted by Gasteiger charge is -2.28. The molecule has 1 aromatic heterocycles. The SMILES string of the molecule is Cn1[nH]c(OC=O)c(C=C=Cc2ccc(N3CCCCC3)cc2)c1=O. The molecule has 2 aromatic rings. The lowest BCUT2D eigenvalue weighted by atomic mass is 10.1. The minimum Gasteiger partial charge on any atom is -0.409 e. The van der Waals surface area contributed by atoms with Gasteiger partial charge in [0.2, 0.25) is 5.88 Å². The molecule has 0 spiro atoms. The summed E-state index contributed by atoms with van der Waals surface area (Å²) in [6.45, 7) is 2.52.